The van der Waals surface area contributed by atoms with E-state index < -0.39 is 0 Å². The van der Waals surface area contributed by atoms with E-state index in [9.17, 15) is 4.79 Å². The number of amides is 1. The van der Waals surface area contributed by atoms with Crippen LogP contribution in [0, 0.1) is 6.92 Å². The fourth-order valence-electron chi connectivity index (χ4n) is 5.04. The zero-order valence-electron chi connectivity index (χ0n) is 21.9. The van der Waals surface area contributed by atoms with Gasteiger partial charge in [-0.05, 0) is 60.0 Å². The van der Waals surface area contributed by atoms with Crippen LogP contribution in [0.5, 0.6) is 0 Å². The second-order valence-electron chi connectivity index (χ2n) is 9.90. The molecule has 1 N–H and O–H groups in total. The van der Waals surface area contributed by atoms with Crippen LogP contribution in [0.2, 0.25) is 0 Å². The van der Waals surface area contributed by atoms with Gasteiger partial charge in [0, 0.05) is 49.9 Å². The van der Waals surface area contributed by atoms with Crippen LogP contribution in [0.3, 0.4) is 0 Å². The molecule has 0 spiro atoms. The van der Waals surface area contributed by atoms with E-state index in [4.69, 9.17) is 4.98 Å². The molecule has 1 fully saturated rings. The van der Waals surface area contributed by atoms with Crippen molar-refractivity contribution in [3.8, 4) is 11.1 Å². The van der Waals surface area contributed by atoms with E-state index in [1.807, 2.05) is 80.1 Å². The summed E-state index contributed by atoms with van der Waals surface area (Å²) in [6, 6.07) is 26.2. The van der Waals surface area contributed by atoms with Crippen LogP contribution in [0.15, 0.2) is 97.5 Å². The van der Waals surface area contributed by atoms with Gasteiger partial charge in [-0.2, -0.15) is 0 Å². The Labute approximate surface area is 228 Å². The number of carbonyl (C=O) groups excluding carboxylic acids is 1. The largest absolute Gasteiger partial charge is 0.368 e. The topological polar surface area (TPSA) is 74.2 Å². The summed E-state index contributed by atoms with van der Waals surface area (Å²) in [6.45, 7) is 5.67. The van der Waals surface area contributed by atoms with Crippen LogP contribution in [0.4, 0.5) is 17.2 Å². The molecule has 3 aromatic carbocycles. The summed E-state index contributed by atoms with van der Waals surface area (Å²) in [4.78, 5) is 30.9. The number of aryl methyl sites for hydroxylation is 1. The SMILES string of the molecule is Cc1cccc(CC(=O)Nc2ccc(-c3ccc4ncc(N5CCN(c6ccncc6)CC5)nc4c3)cc2)c1. The van der Waals surface area contributed by atoms with Gasteiger partial charge in [0.25, 0.3) is 0 Å². The van der Waals surface area contributed by atoms with E-state index in [1.165, 1.54) is 5.69 Å². The Balaban J connectivity index is 1.13. The molecule has 194 valence electrons. The standard InChI is InChI=1S/C32H30N6O/c1-23-3-2-4-24(19-23)20-32(39)35-27-8-5-25(6-9-27)26-7-10-29-30(21-26)36-31(22-34-29)38-17-15-37(16-18-38)28-11-13-33-14-12-28/h2-14,19,21-22H,15-18,20H2,1H3,(H,35,39). The number of hydrogen-bond acceptors (Lipinski definition) is 6. The summed E-state index contributed by atoms with van der Waals surface area (Å²) in [5.74, 6) is 0.879. The minimum Gasteiger partial charge on any atom is -0.368 e. The predicted octanol–water partition coefficient (Wildman–Crippen LogP) is 5.51. The van der Waals surface area contributed by atoms with Crippen molar-refractivity contribution in [2.45, 2.75) is 13.3 Å². The highest BCUT2D eigenvalue weighted by atomic mass is 16.1. The summed E-state index contributed by atoms with van der Waals surface area (Å²) in [7, 11) is 0. The van der Waals surface area contributed by atoms with Gasteiger partial charge in [0.15, 0.2) is 0 Å². The van der Waals surface area contributed by atoms with E-state index >= 15 is 0 Å². The lowest BCUT2D eigenvalue weighted by molar-refractivity contribution is -0.115. The molecule has 1 aliphatic rings. The van der Waals surface area contributed by atoms with Crippen molar-refractivity contribution >= 4 is 34.1 Å². The average Bonchev–Trinajstić information content (AvgIpc) is 2.97. The Kier molecular flexibility index (Phi) is 6.87. The van der Waals surface area contributed by atoms with Crippen LogP contribution in [-0.2, 0) is 11.2 Å². The van der Waals surface area contributed by atoms with Gasteiger partial charge in [0.05, 0.1) is 23.7 Å². The third kappa shape index (κ3) is 5.72. The highest BCUT2D eigenvalue weighted by molar-refractivity contribution is 5.92. The quantitative estimate of drug-likeness (QED) is 0.322. The third-order valence-corrected chi connectivity index (χ3v) is 7.11. The number of fused-ring (bicyclic) bond motifs is 1. The molecule has 5 aromatic rings. The second-order valence-corrected chi connectivity index (χ2v) is 9.90. The zero-order chi connectivity index (χ0) is 26.6. The molecule has 1 amide bonds. The van der Waals surface area contributed by atoms with Gasteiger partial charge in [-0.15, -0.1) is 0 Å². The minimum atomic E-state index is -0.0246. The van der Waals surface area contributed by atoms with Gasteiger partial charge in [0.1, 0.15) is 5.82 Å². The van der Waals surface area contributed by atoms with Crippen molar-refractivity contribution < 1.29 is 4.79 Å². The third-order valence-electron chi connectivity index (χ3n) is 7.11. The maximum atomic E-state index is 12.5. The molecule has 0 bridgehead atoms. The number of rotatable bonds is 6. The number of aromatic nitrogens is 3. The predicted molar refractivity (Wildman–Crippen MR) is 157 cm³/mol. The van der Waals surface area contributed by atoms with Crippen LogP contribution in [0.1, 0.15) is 11.1 Å². The summed E-state index contributed by atoms with van der Waals surface area (Å²) in [5, 5.41) is 3.00. The first kappa shape index (κ1) is 24.6. The van der Waals surface area contributed by atoms with Crippen molar-refractivity contribution in [2.75, 3.05) is 41.3 Å². The summed E-state index contributed by atoms with van der Waals surface area (Å²) in [5.41, 5.74) is 8.02. The summed E-state index contributed by atoms with van der Waals surface area (Å²) >= 11 is 0. The molecule has 7 heteroatoms. The fraction of sp³-hybridized carbons (Fsp3) is 0.188. The molecule has 39 heavy (non-hydrogen) atoms. The van der Waals surface area contributed by atoms with Gasteiger partial charge < -0.3 is 15.1 Å². The lowest BCUT2D eigenvalue weighted by Crippen LogP contribution is -2.46. The van der Waals surface area contributed by atoms with E-state index in [1.54, 1.807) is 0 Å². The number of carbonyl (C=O) groups is 1. The maximum absolute atomic E-state index is 12.5. The van der Waals surface area contributed by atoms with Crippen LogP contribution in [-0.4, -0.2) is 47.0 Å². The number of benzene rings is 3. The van der Waals surface area contributed by atoms with Crippen molar-refractivity contribution in [1.82, 2.24) is 15.0 Å². The molecule has 0 aliphatic carbocycles. The van der Waals surface area contributed by atoms with Gasteiger partial charge in [0.2, 0.25) is 5.91 Å². The number of anilines is 3. The van der Waals surface area contributed by atoms with Crippen LogP contribution < -0.4 is 15.1 Å². The molecule has 0 saturated carbocycles. The molecular formula is C32H30N6O. The normalized spacial score (nSPS) is 13.5. The Morgan fingerprint density at radius 3 is 2.33 bits per heavy atom. The minimum absolute atomic E-state index is 0.0246. The van der Waals surface area contributed by atoms with Crippen LogP contribution >= 0.6 is 0 Å². The molecule has 6 rings (SSSR count). The van der Waals surface area contributed by atoms with E-state index in [-0.39, 0.29) is 5.91 Å². The molecular weight excluding hydrogens is 484 g/mol. The van der Waals surface area contributed by atoms with Crippen molar-refractivity contribution in [1.29, 1.82) is 0 Å². The van der Waals surface area contributed by atoms with Gasteiger partial charge in [-0.3, -0.25) is 14.8 Å². The zero-order valence-corrected chi connectivity index (χ0v) is 21.9. The van der Waals surface area contributed by atoms with E-state index in [0.29, 0.717) is 6.42 Å². The first-order valence-corrected chi connectivity index (χ1v) is 13.2. The van der Waals surface area contributed by atoms with Gasteiger partial charge in [-0.25, -0.2) is 4.98 Å². The number of nitrogens with zero attached hydrogens (tertiary/aromatic N) is 5. The molecule has 0 radical (unpaired) electrons. The maximum Gasteiger partial charge on any atom is 0.228 e. The van der Waals surface area contributed by atoms with Gasteiger partial charge >= 0.3 is 0 Å². The van der Waals surface area contributed by atoms with Crippen molar-refractivity contribution in [3.05, 3.63) is 109 Å². The highest BCUT2D eigenvalue weighted by Gasteiger charge is 2.19. The molecule has 2 aromatic heterocycles. The number of hydrogen-bond donors (Lipinski definition) is 1. The molecule has 1 aliphatic heterocycles. The Morgan fingerprint density at radius 2 is 1.56 bits per heavy atom. The lowest BCUT2D eigenvalue weighted by Gasteiger charge is -2.36. The first-order chi connectivity index (χ1) is 19.1. The lowest BCUT2D eigenvalue weighted by atomic mass is 10.0. The molecule has 7 nitrogen and oxygen atoms in total. The molecule has 0 unspecified atom stereocenters. The summed E-state index contributed by atoms with van der Waals surface area (Å²) < 4.78 is 0. The Hall–Kier alpha value is -4.78. The van der Waals surface area contributed by atoms with Crippen molar-refractivity contribution in [3.63, 3.8) is 0 Å². The highest BCUT2D eigenvalue weighted by Crippen LogP contribution is 2.26. The monoisotopic (exact) mass is 514 g/mol. The van der Waals surface area contributed by atoms with E-state index in [0.717, 1.165) is 71.0 Å². The van der Waals surface area contributed by atoms with Crippen molar-refractivity contribution in [2.24, 2.45) is 0 Å². The second kappa shape index (κ2) is 10.9. The number of nitrogens with one attached hydrogen (secondary N) is 1. The molecule has 0 atom stereocenters. The Bertz CT molecular complexity index is 1590. The van der Waals surface area contributed by atoms with E-state index in [2.05, 4.69) is 49.4 Å². The van der Waals surface area contributed by atoms with Crippen LogP contribution in [0.25, 0.3) is 22.2 Å². The first-order valence-electron chi connectivity index (χ1n) is 13.2. The number of piperazine rings is 1. The molecule has 1 saturated heterocycles. The molecule has 3 heterocycles. The smallest absolute Gasteiger partial charge is 0.228 e. The fourth-order valence-corrected chi connectivity index (χ4v) is 5.04. The average molecular weight is 515 g/mol. The van der Waals surface area contributed by atoms with Gasteiger partial charge in [-0.1, -0.05) is 48.0 Å². The Morgan fingerprint density at radius 1 is 0.821 bits per heavy atom. The summed E-state index contributed by atoms with van der Waals surface area (Å²) in [6.07, 6.45) is 5.90. The number of pyridine rings is 1.